The number of allylic oxidation sites excluding steroid dienone is 1. The largest absolute Gasteiger partial charge is 0.497 e. The van der Waals surface area contributed by atoms with Gasteiger partial charge in [-0.15, -0.1) is 6.58 Å². The van der Waals surface area contributed by atoms with Crippen molar-refractivity contribution in [1.29, 1.82) is 0 Å². The van der Waals surface area contributed by atoms with Gasteiger partial charge in [-0.2, -0.15) is 5.01 Å². The summed E-state index contributed by atoms with van der Waals surface area (Å²) in [5, 5.41) is 1.07. The molecule has 3 rings (SSSR count). The quantitative estimate of drug-likeness (QED) is 0.355. The third kappa shape index (κ3) is 4.95. The maximum Gasteiger partial charge on any atom is 0.285 e. The van der Waals surface area contributed by atoms with E-state index in [2.05, 4.69) is 12.0 Å². The van der Waals surface area contributed by atoms with E-state index in [1.165, 1.54) is 0 Å². The molecule has 2 aromatic rings. The fourth-order valence-corrected chi connectivity index (χ4v) is 4.26. The number of ether oxygens (including phenoxy) is 3. The second-order valence-corrected chi connectivity index (χ2v) is 8.27. The number of methoxy groups -OCH3 is 3. The molecule has 0 unspecified atom stereocenters. The number of carbonyl (C=O) groups excluding carboxylic acids is 2. The summed E-state index contributed by atoms with van der Waals surface area (Å²) in [4.78, 5) is 25.8. The van der Waals surface area contributed by atoms with Crippen LogP contribution in [0.15, 0.2) is 54.0 Å². The van der Waals surface area contributed by atoms with Crippen LogP contribution in [0.5, 0.6) is 17.2 Å². The van der Waals surface area contributed by atoms with Crippen LogP contribution in [0.3, 0.4) is 0 Å². The summed E-state index contributed by atoms with van der Waals surface area (Å²) in [6.07, 6.45) is 4.03. The SMILES string of the molecule is C=CCc1cc(/C=C2\SC(=S)N(NC(=O)c3ccc(OC)cc3)C2=O)cc(OC)c1OC. The van der Waals surface area contributed by atoms with Crippen molar-refractivity contribution < 1.29 is 23.8 Å². The zero-order chi connectivity index (χ0) is 23.3. The number of thioether (sulfide) groups is 1. The molecule has 0 saturated carbocycles. The van der Waals surface area contributed by atoms with Gasteiger partial charge in [0.25, 0.3) is 11.8 Å². The number of hydrazine groups is 1. The number of nitrogens with zero attached hydrogens (tertiary/aromatic N) is 1. The fraction of sp³-hybridized carbons (Fsp3) is 0.174. The third-order valence-electron chi connectivity index (χ3n) is 4.60. The molecule has 0 bridgehead atoms. The summed E-state index contributed by atoms with van der Waals surface area (Å²) in [7, 11) is 4.66. The minimum Gasteiger partial charge on any atom is -0.497 e. The Hall–Kier alpha value is -3.30. The van der Waals surface area contributed by atoms with Gasteiger partial charge in [-0.05, 0) is 66.7 Å². The second-order valence-electron chi connectivity index (χ2n) is 6.59. The van der Waals surface area contributed by atoms with E-state index >= 15 is 0 Å². The Morgan fingerprint density at radius 2 is 1.88 bits per heavy atom. The van der Waals surface area contributed by atoms with E-state index in [0.717, 1.165) is 27.9 Å². The first-order chi connectivity index (χ1) is 15.4. The number of carbonyl (C=O) groups is 2. The topological polar surface area (TPSA) is 77.1 Å². The molecule has 0 aromatic heterocycles. The van der Waals surface area contributed by atoms with Crippen molar-refractivity contribution in [2.75, 3.05) is 21.3 Å². The second kappa shape index (κ2) is 10.3. The smallest absolute Gasteiger partial charge is 0.285 e. The number of nitrogens with one attached hydrogen (secondary N) is 1. The molecule has 1 aliphatic rings. The van der Waals surface area contributed by atoms with Gasteiger partial charge < -0.3 is 14.2 Å². The van der Waals surface area contributed by atoms with Gasteiger partial charge in [-0.3, -0.25) is 15.0 Å². The van der Waals surface area contributed by atoms with Crippen molar-refractivity contribution in [2.24, 2.45) is 0 Å². The van der Waals surface area contributed by atoms with Crippen LogP contribution in [0.25, 0.3) is 6.08 Å². The zero-order valence-electron chi connectivity index (χ0n) is 17.8. The van der Waals surface area contributed by atoms with E-state index in [1.807, 2.05) is 6.07 Å². The van der Waals surface area contributed by atoms with Crippen LogP contribution in [0, 0.1) is 0 Å². The lowest BCUT2D eigenvalue weighted by molar-refractivity contribution is -0.123. The molecular weight excluding hydrogens is 448 g/mol. The summed E-state index contributed by atoms with van der Waals surface area (Å²) < 4.78 is 16.2. The number of thiocarbonyl (C=S) groups is 1. The number of amides is 2. The van der Waals surface area contributed by atoms with Crippen molar-refractivity contribution in [3.8, 4) is 17.2 Å². The molecule has 1 aliphatic heterocycles. The molecule has 0 aliphatic carbocycles. The highest BCUT2D eigenvalue weighted by atomic mass is 32.2. The summed E-state index contributed by atoms with van der Waals surface area (Å²) in [6.45, 7) is 3.77. The lowest BCUT2D eigenvalue weighted by atomic mass is 10.0. The van der Waals surface area contributed by atoms with Crippen LogP contribution < -0.4 is 19.6 Å². The van der Waals surface area contributed by atoms with E-state index in [-0.39, 0.29) is 4.32 Å². The highest BCUT2D eigenvalue weighted by molar-refractivity contribution is 8.26. The van der Waals surface area contributed by atoms with E-state index < -0.39 is 11.8 Å². The third-order valence-corrected chi connectivity index (χ3v) is 5.90. The van der Waals surface area contributed by atoms with E-state index in [9.17, 15) is 9.59 Å². The predicted molar refractivity (Wildman–Crippen MR) is 129 cm³/mol. The first-order valence-corrected chi connectivity index (χ1v) is 10.7. The zero-order valence-corrected chi connectivity index (χ0v) is 19.5. The predicted octanol–water partition coefficient (Wildman–Crippen LogP) is 3.99. The molecule has 0 radical (unpaired) electrons. The molecular formula is C23H22N2O5S2. The maximum absolute atomic E-state index is 12.9. The average molecular weight is 471 g/mol. The number of rotatable bonds is 8. The minimum atomic E-state index is -0.454. The molecule has 0 atom stereocenters. The molecule has 2 amide bonds. The van der Waals surface area contributed by atoms with Gasteiger partial charge in [-0.25, -0.2) is 0 Å². The maximum atomic E-state index is 12.9. The van der Waals surface area contributed by atoms with Gasteiger partial charge in [0.05, 0.1) is 26.2 Å². The first-order valence-electron chi connectivity index (χ1n) is 9.50. The summed E-state index contributed by atoms with van der Waals surface area (Å²) in [5.41, 5.74) is 4.55. The number of hydrogen-bond donors (Lipinski definition) is 1. The molecule has 32 heavy (non-hydrogen) atoms. The monoisotopic (exact) mass is 470 g/mol. The van der Waals surface area contributed by atoms with Gasteiger partial charge in [0.1, 0.15) is 5.75 Å². The molecule has 2 aromatic carbocycles. The van der Waals surface area contributed by atoms with Gasteiger partial charge in [0.2, 0.25) is 0 Å². The fourth-order valence-electron chi connectivity index (χ4n) is 3.08. The van der Waals surface area contributed by atoms with Crippen molar-refractivity contribution >= 4 is 46.2 Å². The Kier molecular flexibility index (Phi) is 7.55. The van der Waals surface area contributed by atoms with Crippen molar-refractivity contribution in [2.45, 2.75) is 6.42 Å². The van der Waals surface area contributed by atoms with Crippen LogP contribution in [-0.4, -0.2) is 42.5 Å². The molecule has 1 fully saturated rings. The van der Waals surface area contributed by atoms with Gasteiger partial charge >= 0.3 is 0 Å². The summed E-state index contributed by atoms with van der Waals surface area (Å²) >= 11 is 6.41. The van der Waals surface area contributed by atoms with E-state index in [1.54, 1.807) is 63.8 Å². The molecule has 1 heterocycles. The molecule has 9 heteroatoms. The van der Waals surface area contributed by atoms with E-state index in [4.69, 9.17) is 26.4 Å². The summed E-state index contributed by atoms with van der Waals surface area (Å²) in [6, 6.07) is 10.2. The van der Waals surface area contributed by atoms with Crippen LogP contribution in [0.4, 0.5) is 0 Å². The highest BCUT2D eigenvalue weighted by Gasteiger charge is 2.34. The van der Waals surface area contributed by atoms with Crippen LogP contribution in [-0.2, 0) is 11.2 Å². The molecule has 1 N–H and O–H groups in total. The van der Waals surface area contributed by atoms with Gasteiger partial charge in [-0.1, -0.05) is 17.8 Å². The van der Waals surface area contributed by atoms with Crippen LogP contribution >= 0.6 is 24.0 Å². The lowest BCUT2D eigenvalue weighted by Gasteiger charge is -2.15. The Bertz CT molecular complexity index is 1100. The van der Waals surface area contributed by atoms with E-state index in [0.29, 0.717) is 34.1 Å². The molecule has 166 valence electrons. The normalized spacial score (nSPS) is 14.5. The van der Waals surface area contributed by atoms with Crippen LogP contribution in [0.2, 0.25) is 0 Å². The Morgan fingerprint density at radius 1 is 1.16 bits per heavy atom. The number of hydrogen-bond acceptors (Lipinski definition) is 7. The molecule has 1 saturated heterocycles. The highest BCUT2D eigenvalue weighted by Crippen LogP contribution is 2.36. The Morgan fingerprint density at radius 3 is 2.47 bits per heavy atom. The van der Waals surface area contributed by atoms with Crippen LogP contribution in [0.1, 0.15) is 21.5 Å². The average Bonchev–Trinajstić information content (AvgIpc) is 3.06. The van der Waals surface area contributed by atoms with Crippen molar-refractivity contribution in [3.05, 3.63) is 70.6 Å². The van der Waals surface area contributed by atoms with Crippen molar-refractivity contribution in [3.63, 3.8) is 0 Å². The number of benzene rings is 2. The molecule has 0 spiro atoms. The lowest BCUT2D eigenvalue weighted by Crippen LogP contribution is -2.44. The first kappa shape index (κ1) is 23.4. The molecule has 7 nitrogen and oxygen atoms in total. The Balaban J connectivity index is 1.84. The van der Waals surface area contributed by atoms with Gasteiger partial charge in [0.15, 0.2) is 15.8 Å². The minimum absolute atomic E-state index is 0.231. The van der Waals surface area contributed by atoms with Crippen molar-refractivity contribution in [1.82, 2.24) is 10.4 Å². The van der Waals surface area contributed by atoms with Gasteiger partial charge in [0, 0.05) is 11.1 Å². The Labute approximate surface area is 196 Å². The standard InChI is InChI=1S/C23H22N2O5S2/c1-5-6-16-11-14(12-18(29-3)20(16)30-4)13-19-22(27)25(23(31)32-19)24-21(26)15-7-9-17(28-2)10-8-15/h5,7-13H,1,6H2,2-4H3,(H,24,26)/b19-13-. The summed E-state index contributed by atoms with van der Waals surface area (Å²) in [5.74, 6) is 0.914.